The van der Waals surface area contributed by atoms with E-state index in [1.165, 1.54) is 6.21 Å². The topological polar surface area (TPSA) is 47.6 Å². The lowest BCUT2D eigenvalue weighted by Crippen LogP contribution is -2.00. The van der Waals surface area contributed by atoms with Gasteiger partial charge in [0, 0.05) is 6.54 Å². The number of hydrogen-bond donors (Lipinski definition) is 1. The van der Waals surface area contributed by atoms with Crippen LogP contribution in [0.15, 0.2) is 17.3 Å². The van der Waals surface area contributed by atoms with Gasteiger partial charge in [-0.1, -0.05) is 11.7 Å². The highest BCUT2D eigenvalue weighted by Gasteiger charge is 1.80. The van der Waals surface area contributed by atoms with Crippen molar-refractivity contribution in [1.29, 1.82) is 0 Å². The van der Waals surface area contributed by atoms with Crippen LogP contribution in [0.25, 0.3) is 0 Å². The van der Waals surface area contributed by atoms with Crippen molar-refractivity contribution in [1.82, 2.24) is 0 Å². The lowest BCUT2D eigenvalue weighted by Gasteiger charge is -1.94. The fraction of sp³-hybridized carbons (Fsp3) is 0.500. The Morgan fingerprint density at radius 3 is 3.00 bits per heavy atom. The van der Waals surface area contributed by atoms with E-state index in [0.29, 0.717) is 13.2 Å². The molecule has 0 aliphatic heterocycles. The Bertz CT molecular complexity index is 110. The van der Waals surface area contributed by atoms with Crippen molar-refractivity contribution in [3.8, 4) is 0 Å². The molecule has 0 aromatic heterocycles. The second-order valence-electron chi connectivity index (χ2n) is 1.75. The molecule has 3 nitrogen and oxygen atoms in total. The molecule has 3 heteroatoms. The van der Waals surface area contributed by atoms with Gasteiger partial charge in [-0.3, -0.25) is 0 Å². The van der Waals surface area contributed by atoms with E-state index in [-0.39, 0.29) is 0 Å². The molecule has 0 spiro atoms. The summed E-state index contributed by atoms with van der Waals surface area (Å²) in [6.07, 6.45) is 1.50. The first-order valence-electron chi connectivity index (χ1n) is 2.75. The normalized spacial score (nSPS) is 10.0. The molecule has 9 heavy (non-hydrogen) atoms. The van der Waals surface area contributed by atoms with Crippen LogP contribution < -0.4 is 5.73 Å². The quantitative estimate of drug-likeness (QED) is 0.341. The number of nitrogens with two attached hydrogens (primary N) is 1. The maximum Gasteiger partial charge on any atom is 0.137 e. The summed E-state index contributed by atoms with van der Waals surface area (Å²) >= 11 is 0. The van der Waals surface area contributed by atoms with Crippen molar-refractivity contribution in [3.63, 3.8) is 0 Å². The van der Waals surface area contributed by atoms with Gasteiger partial charge in [-0.15, -0.1) is 0 Å². The van der Waals surface area contributed by atoms with Gasteiger partial charge < -0.3 is 10.6 Å². The lowest BCUT2D eigenvalue weighted by molar-refractivity contribution is 0.169. The first-order chi connectivity index (χ1) is 4.27. The van der Waals surface area contributed by atoms with Gasteiger partial charge in [0.2, 0.25) is 0 Å². The maximum absolute atomic E-state index is 5.09. The Labute approximate surface area is 55.2 Å². The maximum atomic E-state index is 5.09. The van der Waals surface area contributed by atoms with Crippen LogP contribution in [0.2, 0.25) is 0 Å². The highest BCUT2D eigenvalue weighted by Crippen LogP contribution is 1.86. The predicted octanol–water partition coefficient (Wildman–Crippen LogP) is 0.524. The van der Waals surface area contributed by atoms with Gasteiger partial charge in [0.25, 0.3) is 0 Å². The van der Waals surface area contributed by atoms with E-state index in [9.17, 15) is 0 Å². The number of hydrogen-bond acceptors (Lipinski definition) is 3. The molecule has 0 aromatic carbocycles. The highest BCUT2D eigenvalue weighted by atomic mass is 16.6. The van der Waals surface area contributed by atoms with Crippen LogP contribution in [0.4, 0.5) is 0 Å². The van der Waals surface area contributed by atoms with Gasteiger partial charge in [-0.2, -0.15) is 0 Å². The summed E-state index contributed by atoms with van der Waals surface area (Å²) in [4.78, 5) is 4.73. The van der Waals surface area contributed by atoms with Crippen LogP contribution in [-0.4, -0.2) is 19.4 Å². The van der Waals surface area contributed by atoms with E-state index in [4.69, 9.17) is 10.6 Å². The molecule has 0 radical (unpaired) electrons. The second-order valence-corrected chi connectivity index (χ2v) is 1.75. The average molecular weight is 128 g/mol. The molecule has 0 atom stereocenters. The fourth-order valence-corrected chi connectivity index (χ4v) is 0.243. The molecule has 0 rings (SSSR count). The molecule has 0 aromatic rings. The third-order valence-corrected chi connectivity index (χ3v) is 0.565. The summed E-state index contributed by atoms with van der Waals surface area (Å²) in [5, 5.41) is 3.52. The minimum Gasteiger partial charge on any atom is -0.392 e. The summed E-state index contributed by atoms with van der Waals surface area (Å²) in [7, 11) is 0. The van der Waals surface area contributed by atoms with Crippen LogP contribution in [0.5, 0.6) is 0 Å². The van der Waals surface area contributed by atoms with Gasteiger partial charge in [0.05, 0.1) is 6.21 Å². The van der Waals surface area contributed by atoms with Crippen molar-refractivity contribution >= 4 is 6.21 Å². The van der Waals surface area contributed by atoms with Gasteiger partial charge in [0.15, 0.2) is 0 Å². The van der Waals surface area contributed by atoms with E-state index in [2.05, 4.69) is 11.7 Å². The van der Waals surface area contributed by atoms with E-state index < -0.39 is 0 Å². The van der Waals surface area contributed by atoms with Gasteiger partial charge in [-0.25, -0.2) is 0 Å². The zero-order valence-electron chi connectivity index (χ0n) is 5.63. The summed E-state index contributed by atoms with van der Waals surface area (Å²) < 4.78 is 0. The average Bonchev–Trinajstić information content (AvgIpc) is 1.80. The lowest BCUT2D eigenvalue weighted by atomic mass is 10.4. The molecule has 0 bridgehead atoms. The Morgan fingerprint density at radius 1 is 1.89 bits per heavy atom. The molecule has 0 unspecified atom stereocenters. The van der Waals surface area contributed by atoms with Crippen LogP contribution >= 0.6 is 0 Å². The van der Waals surface area contributed by atoms with Crippen molar-refractivity contribution < 1.29 is 4.84 Å². The Hall–Kier alpha value is -0.830. The van der Waals surface area contributed by atoms with Gasteiger partial charge in [0.1, 0.15) is 6.61 Å². The standard InChI is InChI=1S/C6H12N2O/c1-6(2)5-9-8-4-3-7/h4H,1,3,5,7H2,2H3. The predicted molar refractivity (Wildman–Crippen MR) is 38.3 cm³/mol. The molecule has 0 amide bonds. The number of nitrogens with zero attached hydrogens (tertiary/aromatic N) is 1. The first-order valence-corrected chi connectivity index (χ1v) is 2.75. The van der Waals surface area contributed by atoms with Crippen molar-refractivity contribution in [2.45, 2.75) is 6.92 Å². The minimum absolute atomic E-state index is 0.413. The summed E-state index contributed by atoms with van der Waals surface area (Å²) in [5.74, 6) is 0. The van der Waals surface area contributed by atoms with Crippen LogP contribution in [0, 0.1) is 0 Å². The molecular weight excluding hydrogens is 116 g/mol. The molecule has 0 saturated carbocycles. The molecule has 2 N–H and O–H groups in total. The monoisotopic (exact) mass is 128 g/mol. The zero-order valence-corrected chi connectivity index (χ0v) is 5.63. The molecule has 0 aliphatic carbocycles. The number of rotatable bonds is 4. The summed E-state index contributed by atoms with van der Waals surface area (Å²) in [5.41, 5.74) is 6.04. The Balaban J connectivity index is 3.09. The van der Waals surface area contributed by atoms with E-state index in [1.807, 2.05) is 6.92 Å². The molecule has 0 aliphatic rings. The van der Waals surface area contributed by atoms with E-state index in [0.717, 1.165) is 5.57 Å². The fourth-order valence-electron chi connectivity index (χ4n) is 0.243. The van der Waals surface area contributed by atoms with Crippen molar-refractivity contribution in [3.05, 3.63) is 12.2 Å². The van der Waals surface area contributed by atoms with Crippen LogP contribution in [0.1, 0.15) is 6.92 Å². The Morgan fingerprint density at radius 2 is 2.56 bits per heavy atom. The van der Waals surface area contributed by atoms with Crippen molar-refractivity contribution in [2.24, 2.45) is 10.9 Å². The third kappa shape index (κ3) is 7.17. The molecule has 52 valence electrons. The van der Waals surface area contributed by atoms with Gasteiger partial charge in [-0.05, 0) is 12.5 Å². The Kier molecular flexibility index (Phi) is 4.82. The number of oxime groups is 1. The molecule has 0 saturated heterocycles. The molecular formula is C6H12N2O. The van der Waals surface area contributed by atoms with Crippen molar-refractivity contribution in [2.75, 3.05) is 13.2 Å². The second kappa shape index (κ2) is 5.31. The molecule has 0 heterocycles. The van der Waals surface area contributed by atoms with Crippen LogP contribution in [-0.2, 0) is 4.84 Å². The largest absolute Gasteiger partial charge is 0.392 e. The highest BCUT2D eigenvalue weighted by molar-refractivity contribution is 5.58. The zero-order chi connectivity index (χ0) is 7.11. The molecule has 0 fully saturated rings. The minimum atomic E-state index is 0.413. The third-order valence-electron chi connectivity index (χ3n) is 0.565. The summed E-state index contributed by atoms with van der Waals surface area (Å²) in [6.45, 7) is 6.38. The van der Waals surface area contributed by atoms with Crippen LogP contribution in [0.3, 0.4) is 0 Å². The van der Waals surface area contributed by atoms with E-state index in [1.54, 1.807) is 0 Å². The smallest absolute Gasteiger partial charge is 0.137 e. The first kappa shape index (κ1) is 8.17. The SMILES string of the molecule is C=C(C)CON=CCN. The van der Waals surface area contributed by atoms with Gasteiger partial charge >= 0.3 is 0 Å². The van der Waals surface area contributed by atoms with E-state index >= 15 is 0 Å². The summed E-state index contributed by atoms with van der Waals surface area (Å²) in [6, 6.07) is 0.